The van der Waals surface area contributed by atoms with E-state index in [0.29, 0.717) is 5.92 Å². The van der Waals surface area contributed by atoms with Gasteiger partial charge in [0.25, 0.3) is 0 Å². The van der Waals surface area contributed by atoms with Crippen molar-refractivity contribution in [1.29, 1.82) is 0 Å². The summed E-state index contributed by atoms with van der Waals surface area (Å²) in [5.74, 6) is 0.427. The van der Waals surface area contributed by atoms with Crippen LogP contribution in [0.15, 0.2) is 182 Å². The van der Waals surface area contributed by atoms with Gasteiger partial charge >= 0.3 is 0 Å². The standard InChI is InChI=1S/C55H38/c1-35-24-29-48-51(30-35)55(47-23-11-19-39-15-7-9-21-45(39)47)53-34-50(43-28-26-37-13-3-5-17-41(37)32-43)49(42-27-25-36-12-2-4-16-40(36)31-42)33-52(53)54(48)46-22-10-18-38-14-6-8-20-44(38)46/h2-23,25-35H,24H2,1H3. The van der Waals surface area contributed by atoms with E-state index in [-0.39, 0.29) is 0 Å². The summed E-state index contributed by atoms with van der Waals surface area (Å²) >= 11 is 0. The van der Waals surface area contributed by atoms with Crippen LogP contribution in [0.2, 0.25) is 0 Å². The van der Waals surface area contributed by atoms with E-state index in [1.807, 2.05) is 0 Å². The Morgan fingerprint density at radius 1 is 0.345 bits per heavy atom. The Morgan fingerprint density at radius 3 is 1.31 bits per heavy atom. The fraction of sp³-hybridized carbons (Fsp3) is 0.0545. The summed E-state index contributed by atoms with van der Waals surface area (Å²) in [5, 5.41) is 15.3. The average molecular weight is 699 g/mol. The summed E-state index contributed by atoms with van der Waals surface area (Å²) in [4.78, 5) is 0. The van der Waals surface area contributed by atoms with Gasteiger partial charge in [0.1, 0.15) is 0 Å². The average Bonchev–Trinajstić information content (AvgIpc) is 3.24. The molecule has 0 nitrogen and oxygen atoms in total. The van der Waals surface area contributed by atoms with Gasteiger partial charge < -0.3 is 0 Å². The molecule has 0 saturated carbocycles. The zero-order valence-corrected chi connectivity index (χ0v) is 30.8. The second-order valence-corrected chi connectivity index (χ2v) is 15.3. The highest BCUT2D eigenvalue weighted by molar-refractivity contribution is 6.16. The summed E-state index contributed by atoms with van der Waals surface area (Å²) in [6.45, 7) is 2.36. The van der Waals surface area contributed by atoms with Crippen LogP contribution in [0.5, 0.6) is 0 Å². The molecule has 1 aliphatic carbocycles. The molecule has 0 amide bonds. The lowest BCUT2D eigenvalue weighted by Crippen LogP contribution is -2.33. The van der Waals surface area contributed by atoms with Crippen molar-refractivity contribution in [1.82, 2.24) is 0 Å². The smallest absolute Gasteiger partial charge is 0.00231 e. The molecule has 0 saturated heterocycles. The largest absolute Gasteiger partial charge is 0.0754 e. The number of rotatable bonds is 4. The van der Waals surface area contributed by atoms with Crippen molar-refractivity contribution in [3.8, 4) is 44.5 Å². The van der Waals surface area contributed by atoms with E-state index >= 15 is 0 Å². The fourth-order valence-corrected chi connectivity index (χ4v) is 9.27. The minimum absolute atomic E-state index is 0.427. The second-order valence-electron chi connectivity index (χ2n) is 15.3. The van der Waals surface area contributed by atoms with Gasteiger partial charge in [-0.25, -0.2) is 0 Å². The van der Waals surface area contributed by atoms with E-state index in [4.69, 9.17) is 0 Å². The minimum atomic E-state index is 0.427. The van der Waals surface area contributed by atoms with E-state index in [2.05, 4.69) is 201 Å². The second kappa shape index (κ2) is 12.7. The van der Waals surface area contributed by atoms with E-state index in [1.54, 1.807) is 0 Å². The van der Waals surface area contributed by atoms with Crippen molar-refractivity contribution in [3.63, 3.8) is 0 Å². The zero-order valence-electron chi connectivity index (χ0n) is 30.8. The predicted molar refractivity (Wildman–Crippen MR) is 238 cm³/mol. The molecule has 55 heavy (non-hydrogen) atoms. The lowest BCUT2D eigenvalue weighted by molar-refractivity contribution is 0.801. The maximum atomic E-state index is 2.55. The molecule has 10 aromatic carbocycles. The zero-order chi connectivity index (χ0) is 36.5. The first-order valence-electron chi connectivity index (χ1n) is 19.5. The SMILES string of the molecule is CC1C=c2c(-c3cccc4ccccc34)c3cc(-c4ccc5ccccc5c4)c(-c4ccc5ccccc5c4)cc3c(-c3cccc4ccccc34)c2=CC1. The van der Waals surface area contributed by atoms with E-state index in [0.717, 1.165) is 6.42 Å². The summed E-state index contributed by atoms with van der Waals surface area (Å²) in [6.07, 6.45) is 6.09. The Balaban J connectivity index is 1.37. The molecule has 10 aromatic rings. The van der Waals surface area contributed by atoms with Crippen molar-refractivity contribution < 1.29 is 0 Å². The molecule has 0 radical (unpaired) electrons. The monoisotopic (exact) mass is 698 g/mol. The number of hydrogen-bond donors (Lipinski definition) is 0. The van der Waals surface area contributed by atoms with Gasteiger partial charge in [-0.05, 0) is 145 Å². The van der Waals surface area contributed by atoms with Crippen LogP contribution in [0.25, 0.3) is 111 Å². The van der Waals surface area contributed by atoms with E-state index < -0.39 is 0 Å². The van der Waals surface area contributed by atoms with E-state index in [1.165, 1.54) is 109 Å². The minimum Gasteiger partial charge on any atom is -0.0754 e. The lowest BCUT2D eigenvalue weighted by Gasteiger charge is -2.23. The summed E-state index contributed by atoms with van der Waals surface area (Å²) in [6, 6.07) is 67.8. The first kappa shape index (κ1) is 31.7. The fourth-order valence-electron chi connectivity index (χ4n) is 9.27. The van der Waals surface area contributed by atoms with Crippen LogP contribution in [0.1, 0.15) is 13.3 Å². The number of fused-ring (bicyclic) bond motifs is 6. The van der Waals surface area contributed by atoms with Crippen LogP contribution >= 0.6 is 0 Å². The predicted octanol–water partition coefficient (Wildman–Crippen LogP) is 13.7. The Kier molecular flexibility index (Phi) is 7.32. The highest BCUT2D eigenvalue weighted by Gasteiger charge is 2.22. The van der Waals surface area contributed by atoms with Crippen LogP contribution in [-0.2, 0) is 0 Å². The molecule has 0 heterocycles. The molecule has 1 aliphatic rings. The van der Waals surface area contributed by atoms with Gasteiger partial charge in [-0.1, -0.05) is 177 Å². The van der Waals surface area contributed by atoms with Crippen molar-refractivity contribution in [2.24, 2.45) is 5.92 Å². The maximum Gasteiger partial charge on any atom is -0.00231 e. The van der Waals surface area contributed by atoms with Gasteiger partial charge in [0, 0.05) is 0 Å². The molecule has 1 atom stereocenters. The first-order chi connectivity index (χ1) is 27.2. The molecular weight excluding hydrogens is 661 g/mol. The molecule has 0 aromatic heterocycles. The highest BCUT2D eigenvalue weighted by atomic mass is 14.3. The molecule has 258 valence electrons. The number of benzene rings is 10. The van der Waals surface area contributed by atoms with E-state index in [9.17, 15) is 0 Å². The molecule has 11 rings (SSSR count). The molecule has 0 heteroatoms. The number of hydrogen-bond acceptors (Lipinski definition) is 0. The van der Waals surface area contributed by atoms with Gasteiger partial charge in [-0.2, -0.15) is 0 Å². The normalized spacial score (nSPS) is 13.9. The molecule has 0 spiro atoms. The molecule has 0 N–H and O–H groups in total. The van der Waals surface area contributed by atoms with Crippen LogP contribution < -0.4 is 10.4 Å². The third-order valence-electron chi connectivity index (χ3n) is 11.9. The molecule has 0 aliphatic heterocycles. The van der Waals surface area contributed by atoms with Gasteiger partial charge in [-0.3, -0.25) is 0 Å². The van der Waals surface area contributed by atoms with Crippen molar-refractivity contribution in [3.05, 3.63) is 192 Å². The van der Waals surface area contributed by atoms with Crippen molar-refractivity contribution >= 4 is 66.0 Å². The summed E-state index contributed by atoms with van der Waals surface area (Å²) < 4.78 is 0. The molecule has 0 bridgehead atoms. The quantitative estimate of drug-likeness (QED) is 0.172. The van der Waals surface area contributed by atoms with Crippen LogP contribution in [0, 0.1) is 5.92 Å². The third kappa shape index (κ3) is 5.21. The molecular formula is C55H38. The van der Waals surface area contributed by atoms with Crippen molar-refractivity contribution in [2.45, 2.75) is 13.3 Å². The lowest BCUT2D eigenvalue weighted by atomic mass is 9.80. The van der Waals surface area contributed by atoms with Gasteiger partial charge in [0.2, 0.25) is 0 Å². The summed E-state index contributed by atoms with van der Waals surface area (Å²) in [7, 11) is 0. The van der Waals surface area contributed by atoms with Crippen LogP contribution in [0.4, 0.5) is 0 Å². The van der Waals surface area contributed by atoms with Crippen LogP contribution in [0.3, 0.4) is 0 Å². The Morgan fingerprint density at radius 2 is 0.782 bits per heavy atom. The van der Waals surface area contributed by atoms with Gasteiger partial charge in [0.15, 0.2) is 0 Å². The van der Waals surface area contributed by atoms with Gasteiger partial charge in [-0.15, -0.1) is 0 Å². The molecule has 0 fully saturated rings. The topological polar surface area (TPSA) is 0 Å². The Hall–Kier alpha value is -6.76. The Bertz CT molecular complexity index is 3300. The highest BCUT2D eigenvalue weighted by Crippen LogP contribution is 2.44. The van der Waals surface area contributed by atoms with Gasteiger partial charge in [0.05, 0.1) is 0 Å². The summed E-state index contributed by atoms with van der Waals surface area (Å²) in [5.41, 5.74) is 10.1. The molecule has 1 unspecified atom stereocenters. The van der Waals surface area contributed by atoms with Crippen LogP contribution in [-0.4, -0.2) is 0 Å². The Labute approximate surface area is 321 Å². The van der Waals surface area contributed by atoms with Crippen molar-refractivity contribution in [2.75, 3.05) is 0 Å². The maximum absolute atomic E-state index is 2.55. The third-order valence-corrected chi connectivity index (χ3v) is 11.9. The first-order valence-corrected chi connectivity index (χ1v) is 19.5.